The summed E-state index contributed by atoms with van der Waals surface area (Å²) < 4.78 is 5.13. The summed E-state index contributed by atoms with van der Waals surface area (Å²) in [6.45, 7) is 0.385. The molecule has 1 amide bonds. The second-order valence-corrected chi connectivity index (χ2v) is 5.20. The zero-order chi connectivity index (χ0) is 14.1. The summed E-state index contributed by atoms with van der Waals surface area (Å²) in [5, 5.41) is 3.43. The van der Waals surface area contributed by atoms with Gasteiger partial charge in [0.2, 0.25) is 0 Å². The van der Waals surface area contributed by atoms with E-state index in [9.17, 15) is 9.59 Å². The third kappa shape index (κ3) is 3.43. The van der Waals surface area contributed by atoms with Gasteiger partial charge in [-0.3, -0.25) is 4.79 Å². The predicted octanol–water partition coefficient (Wildman–Crippen LogP) is 1.68. The number of amides is 1. The van der Waals surface area contributed by atoms with Crippen molar-refractivity contribution in [3.05, 3.63) is 46.3 Å². The number of hydrogen-bond donors (Lipinski definition) is 2. The van der Waals surface area contributed by atoms with Gasteiger partial charge < -0.3 is 15.5 Å². The molecule has 0 saturated heterocycles. The number of fused-ring (bicyclic) bond motifs is 1. The van der Waals surface area contributed by atoms with Crippen molar-refractivity contribution in [3.63, 3.8) is 0 Å². The van der Waals surface area contributed by atoms with E-state index >= 15 is 0 Å². The number of para-hydroxylation sites is 1. The van der Waals surface area contributed by atoms with Gasteiger partial charge in [0.15, 0.2) is 0 Å². The lowest BCUT2D eigenvalue weighted by molar-refractivity contribution is 0.0947. The molecule has 1 atom stereocenters. The number of carbonyl (C=O) groups excluding carboxylic acids is 1. The molecule has 0 bridgehead atoms. The molecular formula is C15H17ClN2O3. The Labute approximate surface area is 127 Å². The summed E-state index contributed by atoms with van der Waals surface area (Å²) in [5.74, 6) is 0.0731. The molecule has 1 aromatic heterocycles. The number of halogens is 1. The molecule has 1 heterocycles. The molecule has 3 rings (SSSR count). The summed E-state index contributed by atoms with van der Waals surface area (Å²) >= 11 is 0. The third-order valence-electron chi connectivity index (χ3n) is 3.61. The molecule has 112 valence electrons. The van der Waals surface area contributed by atoms with Crippen molar-refractivity contribution >= 4 is 29.3 Å². The van der Waals surface area contributed by atoms with E-state index in [-0.39, 0.29) is 24.0 Å². The number of nitrogens with two attached hydrogens (primary N) is 1. The maximum Gasteiger partial charge on any atom is 0.349 e. The van der Waals surface area contributed by atoms with Crippen LogP contribution in [0.2, 0.25) is 0 Å². The Balaban J connectivity index is 0.00000161. The van der Waals surface area contributed by atoms with Gasteiger partial charge in [0.05, 0.1) is 0 Å². The molecule has 1 aliphatic rings. The molecule has 0 radical (unpaired) electrons. The van der Waals surface area contributed by atoms with Gasteiger partial charge in [-0.25, -0.2) is 4.79 Å². The predicted molar refractivity (Wildman–Crippen MR) is 82.8 cm³/mol. The Hall–Kier alpha value is -1.85. The topological polar surface area (TPSA) is 85.3 Å². The largest absolute Gasteiger partial charge is 0.422 e. The maximum absolute atomic E-state index is 12.0. The highest BCUT2D eigenvalue weighted by molar-refractivity contribution is 5.96. The molecule has 1 aliphatic carbocycles. The van der Waals surface area contributed by atoms with Crippen LogP contribution in [0.1, 0.15) is 23.2 Å². The molecule has 0 spiro atoms. The highest BCUT2D eigenvalue weighted by Gasteiger charge is 2.28. The molecule has 0 aliphatic heterocycles. The second-order valence-electron chi connectivity index (χ2n) is 5.20. The van der Waals surface area contributed by atoms with Gasteiger partial charge in [-0.1, -0.05) is 18.2 Å². The van der Waals surface area contributed by atoms with Gasteiger partial charge in [-0.15, -0.1) is 12.4 Å². The van der Waals surface area contributed by atoms with Crippen LogP contribution in [0.15, 0.2) is 39.5 Å². The number of hydrogen-bond acceptors (Lipinski definition) is 4. The van der Waals surface area contributed by atoms with Gasteiger partial charge in [-0.05, 0) is 30.9 Å². The zero-order valence-electron chi connectivity index (χ0n) is 11.4. The van der Waals surface area contributed by atoms with Crippen LogP contribution in [0, 0.1) is 5.92 Å². The zero-order valence-corrected chi connectivity index (χ0v) is 12.2. The summed E-state index contributed by atoms with van der Waals surface area (Å²) in [6, 6.07) is 8.62. The first-order chi connectivity index (χ1) is 9.65. The van der Waals surface area contributed by atoms with Crippen molar-refractivity contribution in [2.45, 2.75) is 18.9 Å². The molecular weight excluding hydrogens is 292 g/mol. The fourth-order valence-corrected chi connectivity index (χ4v) is 2.22. The molecule has 1 aromatic carbocycles. The fraction of sp³-hybridized carbons (Fsp3) is 0.333. The van der Waals surface area contributed by atoms with E-state index < -0.39 is 11.5 Å². The number of nitrogens with one attached hydrogen (secondary N) is 1. The first-order valence-electron chi connectivity index (χ1n) is 6.72. The highest BCUT2D eigenvalue weighted by Crippen LogP contribution is 2.31. The van der Waals surface area contributed by atoms with E-state index in [0.29, 0.717) is 18.0 Å². The smallest absolute Gasteiger partial charge is 0.349 e. The molecule has 2 aromatic rings. The second kappa shape index (κ2) is 6.28. The quantitative estimate of drug-likeness (QED) is 0.842. The summed E-state index contributed by atoms with van der Waals surface area (Å²) in [6.07, 6.45) is 2.24. The van der Waals surface area contributed by atoms with Crippen molar-refractivity contribution < 1.29 is 9.21 Å². The molecule has 21 heavy (non-hydrogen) atoms. The van der Waals surface area contributed by atoms with Gasteiger partial charge in [0, 0.05) is 18.0 Å². The maximum atomic E-state index is 12.0. The average molecular weight is 309 g/mol. The van der Waals surface area contributed by atoms with E-state index in [4.69, 9.17) is 10.2 Å². The van der Waals surface area contributed by atoms with Crippen molar-refractivity contribution in [3.8, 4) is 0 Å². The average Bonchev–Trinajstić information content (AvgIpc) is 3.28. The van der Waals surface area contributed by atoms with Crippen LogP contribution in [0.3, 0.4) is 0 Å². The number of carbonyl (C=O) groups is 1. The Bertz CT molecular complexity index is 709. The van der Waals surface area contributed by atoms with Crippen LogP contribution in [0.5, 0.6) is 0 Å². The first kappa shape index (κ1) is 15.5. The van der Waals surface area contributed by atoms with Crippen LogP contribution in [0.4, 0.5) is 0 Å². The van der Waals surface area contributed by atoms with E-state index in [1.165, 1.54) is 0 Å². The van der Waals surface area contributed by atoms with Crippen LogP contribution in [-0.2, 0) is 0 Å². The van der Waals surface area contributed by atoms with Gasteiger partial charge in [-0.2, -0.15) is 0 Å². The van der Waals surface area contributed by atoms with Crippen molar-refractivity contribution in [1.82, 2.24) is 5.32 Å². The van der Waals surface area contributed by atoms with E-state index in [2.05, 4.69) is 5.32 Å². The lowest BCUT2D eigenvalue weighted by atomic mass is 10.1. The number of benzene rings is 1. The van der Waals surface area contributed by atoms with Crippen LogP contribution in [0.25, 0.3) is 11.0 Å². The Morgan fingerprint density at radius 1 is 1.38 bits per heavy atom. The van der Waals surface area contributed by atoms with Gasteiger partial charge >= 0.3 is 5.63 Å². The fourth-order valence-electron chi connectivity index (χ4n) is 2.22. The third-order valence-corrected chi connectivity index (χ3v) is 3.61. The Morgan fingerprint density at radius 3 is 2.81 bits per heavy atom. The standard InChI is InChI=1S/C15H16N2O3.ClH/c16-12(9-5-6-9)8-17-14(18)11-7-10-3-1-2-4-13(10)20-15(11)19;/h1-4,7,9,12H,5-6,8,16H2,(H,17,18);1H. The molecule has 1 unspecified atom stereocenters. The summed E-state index contributed by atoms with van der Waals surface area (Å²) in [4.78, 5) is 23.8. The van der Waals surface area contributed by atoms with Crippen molar-refractivity contribution in [2.24, 2.45) is 11.7 Å². The normalized spacial score (nSPS) is 15.3. The molecule has 5 nitrogen and oxygen atoms in total. The highest BCUT2D eigenvalue weighted by atomic mass is 35.5. The van der Waals surface area contributed by atoms with E-state index in [1.807, 2.05) is 6.07 Å². The lowest BCUT2D eigenvalue weighted by Crippen LogP contribution is -2.39. The monoisotopic (exact) mass is 308 g/mol. The summed E-state index contributed by atoms with van der Waals surface area (Å²) in [7, 11) is 0. The first-order valence-corrected chi connectivity index (χ1v) is 6.72. The minimum absolute atomic E-state index is 0. The van der Waals surface area contributed by atoms with Crippen molar-refractivity contribution in [1.29, 1.82) is 0 Å². The molecule has 1 fully saturated rings. The lowest BCUT2D eigenvalue weighted by Gasteiger charge is -2.11. The molecule has 3 N–H and O–H groups in total. The van der Waals surface area contributed by atoms with Crippen LogP contribution >= 0.6 is 12.4 Å². The van der Waals surface area contributed by atoms with E-state index in [1.54, 1.807) is 24.3 Å². The number of rotatable bonds is 4. The summed E-state index contributed by atoms with van der Waals surface area (Å²) in [5.41, 5.74) is 5.79. The van der Waals surface area contributed by atoms with E-state index in [0.717, 1.165) is 18.2 Å². The minimum atomic E-state index is -0.624. The molecule has 1 saturated carbocycles. The van der Waals surface area contributed by atoms with Crippen LogP contribution in [-0.4, -0.2) is 18.5 Å². The Kier molecular flexibility index (Phi) is 4.65. The molecule has 6 heteroatoms. The Morgan fingerprint density at radius 2 is 2.10 bits per heavy atom. The van der Waals surface area contributed by atoms with Crippen molar-refractivity contribution in [2.75, 3.05) is 6.54 Å². The minimum Gasteiger partial charge on any atom is -0.422 e. The SMILES string of the molecule is Cl.NC(CNC(=O)c1cc2ccccc2oc1=O)C1CC1. The van der Waals surface area contributed by atoms with Gasteiger partial charge in [0.25, 0.3) is 5.91 Å². The van der Waals surface area contributed by atoms with Gasteiger partial charge in [0.1, 0.15) is 11.1 Å². The van der Waals surface area contributed by atoms with Crippen LogP contribution < -0.4 is 16.7 Å².